The molecule has 1 aromatic rings. The van der Waals surface area contributed by atoms with Crippen LogP contribution in [-0.4, -0.2) is 17.6 Å². The second kappa shape index (κ2) is 4.62. The minimum atomic E-state index is 0.524. The van der Waals surface area contributed by atoms with Crippen LogP contribution in [0.1, 0.15) is 31.9 Å². The molecule has 0 amide bonds. The zero-order valence-corrected chi connectivity index (χ0v) is 9.32. The number of aromatic nitrogens is 1. The van der Waals surface area contributed by atoms with Crippen molar-refractivity contribution in [1.29, 1.82) is 0 Å². The fourth-order valence-electron chi connectivity index (χ4n) is 2.18. The maximum atomic E-state index is 5.60. The highest BCUT2D eigenvalue weighted by atomic mass is 15.2. The van der Waals surface area contributed by atoms with Crippen LogP contribution in [0.2, 0.25) is 0 Å². The second-order valence-electron chi connectivity index (χ2n) is 4.23. The zero-order chi connectivity index (χ0) is 10.7. The van der Waals surface area contributed by atoms with E-state index in [1.807, 2.05) is 12.1 Å². The molecule has 1 fully saturated rings. The lowest BCUT2D eigenvalue weighted by atomic mass is 10.0. The summed E-state index contributed by atoms with van der Waals surface area (Å²) >= 11 is 0. The molecule has 0 aliphatic carbocycles. The first kappa shape index (κ1) is 10.4. The molecule has 1 aliphatic rings. The van der Waals surface area contributed by atoms with Crippen molar-refractivity contribution < 1.29 is 0 Å². The molecule has 3 heteroatoms. The molecule has 15 heavy (non-hydrogen) atoms. The van der Waals surface area contributed by atoms with Crippen molar-refractivity contribution in [2.45, 2.75) is 38.8 Å². The monoisotopic (exact) mass is 205 g/mol. The molecule has 0 radical (unpaired) electrons. The third kappa shape index (κ3) is 2.29. The van der Waals surface area contributed by atoms with Crippen LogP contribution in [0.4, 0.5) is 5.82 Å². The first-order valence-corrected chi connectivity index (χ1v) is 5.74. The van der Waals surface area contributed by atoms with Crippen molar-refractivity contribution in [1.82, 2.24) is 4.98 Å². The van der Waals surface area contributed by atoms with Crippen molar-refractivity contribution in [3.63, 3.8) is 0 Å². The van der Waals surface area contributed by atoms with Gasteiger partial charge in [-0.2, -0.15) is 0 Å². The van der Waals surface area contributed by atoms with Gasteiger partial charge in [0.15, 0.2) is 0 Å². The number of nitrogens with zero attached hydrogens (tertiary/aromatic N) is 2. The van der Waals surface area contributed by atoms with E-state index in [0.29, 0.717) is 12.6 Å². The molecule has 1 aliphatic heterocycles. The summed E-state index contributed by atoms with van der Waals surface area (Å²) in [4.78, 5) is 6.96. The molecule has 0 saturated carbocycles. The fourth-order valence-corrected chi connectivity index (χ4v) is 2.18. The van der Waals surface area contributed by atoms with Gasteiger partial charge < -0.3 is 10.6 Å². The highest BCUT2D eigenvalue weighted by Gasteiger charge is 2.19. The van der Waals surface area contributed by atoms with Gasteiger partial charge in [0, 0.05) is 19.1 Å². The SMILES string of the molecule is CC1CCCCN1c1cccc(CN)n1. The summed E-state index contributed by atoms with van der Waals surface area (Å²) in [5.74, 6) is 1.09. The fraction of sp³-hybridized carbons (Fsp3) is 0.583. The van der Waals surface area contributed by atoms with E-state index in [4.69, 9.17) is 5.73 Å². The lowest BCUT2D eigenvalue weighted by molar-refractivity contribution is 0.481. The maximum Gasteiger partial charge on any atom is 0.129 e. The Hall–Kier alpha value is -1.09. The summed E-state index contributed by atoms with van der Waals surface area (Å²) in [6.45, 7) is 3.92. The quantitative estimate of drug-likeness (QED) is 0.802. The molecular weight excluding hydrogens is 186 g/mol. The number of anilines is 1. The van der Waals surface area contributed by atoms with Gasteiger partial charge in [-0.3, -0.25) is 0 Å². The lowest BCUT2D eigenvalue weighted by Crippen LogP contribution is -2.38. The molecule has 0 bridgehead atoms. The number of piperidine rings is 1. The number of rotatable bonds is 2. The number of nitrogens with two attached hydrogens (primary N) is 1. The van der Waals surface area contributed by atoms with E-state index in [9.17, 15) is 0 Å². The minimum Gasteiger partial charge on any atom is -0.354 e. The number of hydrogen-bond acceptors (Lipinski definition) is 3. The first-order chi connectivity index (χ1) is 7.31. The number of pyridine rings is 1. The molecule has 82 valence electrons. The van der Waals surface area contributed by atoms with Gasteiger partial charge in [-0.1, -0.05) is 6.07 Å². The van der Waals surface area contributed by atoms with E-state index in [1.165, 1.54) is 19.3 Å². The van der Waals surface area contributed by atoms with Crippen LogP contribution in [-0.2, 0) is 6.54 Å². The standard InChI is InChI=1S/C12H19N3/c1-10-5-2-3-8-15(10)12-7-4-6-11(9-13)14-12/h4,6-7,10H,2-3,5,8-9,13H2,1H3. The second-order valence-corrected chi connectivity index (χ2v) is 4.23. The Morgan fingerprint density at radius 3 is 3.07 bits per heavy atom. The Morgan fingerprint density at radius 2 is 2.33 bits per heavy atom. The molecule has 2 rings (SSSR count). The van der Waals surface area contributed by atoms with Crippen molar-refractivity contribution in [3.05, 3.63) is 23.9 Å². The van der Waals surface area contributed by atoms with Crippen molar-refractivity contribution in [2.24, 2.45) is 5.73 Å². The molecule has 0 spiro atoms. The van der Waals surface area contributed by atoms with E-state index >= 15 is 0 Å². The molecule has 1 atom stereocenters. The van der Waals surface area contributed by atoms with Gasteiger partial charge in [0.1, 0.15) is 5.82 Å². The van der Waals surface area contributed by atoms with Crippen LogP contribution in [0.3, 0.4) is 0 Å². The lowest BCUT2D eigenvalue weighted by Gasteiger charge is -2.34. The largest absolute Gasteiger partial charge is 0.354 e. The van der Waals surface area contributed by atoms with E-state index < -0.39 is 0 Å². The normalized spacial score (nSPS) is 21.7. The molecule has 1 aromatic heterocycles. The molecule has 1 unspecified atom stereocenters. The van der Waals surface area contributed by atoms with Gasteiger partial charge in [0.2, 0.25) is 0 Å². The zero-order valence-electron chi connectivity index (χ0n) is 9.32. The van der Waals surface area contributed by atoms with Crippen LogP contribution in [0.25, 0.3) is 0 Å². The van der Waals surface area contributed by atoms with Crippen LogP contribution >= 0.6 is 0 Å². The van der Waals surface area contributed by atoms with Gasteiger partial charge >= 0.3 is 0 Å². The van der Waals surface area contributed by atoms with Crippen molar-refractivity contribution in [3.8, 4) is 0 Å². The molecule has 1 saturated heterocycles. The van der Waals surface area contributed by atoms with Crippen LogP contribution in [0, 0.1) is 0 Å². The Balaban J connectivity index is 2.19. The molecule has 2 heterocycles. The van der Waals surface area contributed by atoms with Gasteiger partial charge in [-0.05, 0) is 38.3 Å². The van der Waals surface area contributed by atoms with Gasteiger partial charge in [-0.25, -0.2) is 4.98 Å². The van der Waals surface area contributed by atoms with E-state index in [-0.39, 0.29) is 0 Å². The van der Waals surface area contributed by atoms with E-state index in [1.54, 1.807) is 0 Å². The third-order valence-corrected chi connectivity index (χ3v) is 3.10. The molecule has 0 aromatic carbocycles. The van der Waals surface area contributed by atoms with E-state index in [0.717, 1.165) is 18.1 Å². The van der Waals surface area contributed by atoms with Crippen molar-refractivity contribution in [2.75, 3.05) is 11.4 Å². The summed E-state index contributed by atoms with van der Waals surface area (Å²) in [5, 5.41) is 0. The predicted molar refractivity (Wildman–Crippen MR) is 62.8 cm³/mol. The van der Waals surface area contributed by atoms with Gasteiger partial charge in [-0.15, -0.1) is 0 Å². The Morgan fingerprint density at radius 1 is 1.47 bits per heavy atom. The number of hydrogen-bond donors (Lipinski definition) is 1. The first-order valence-electron chi connectivity index (χ1n) is 5.74. The highest BCUT2D eigenvalue weighted by Crippen LogP contribution is 2.22. The summed E-state index contributed by atoms with van der Waals surface area (Å²) in [6.07, 6.45) is 3.89. The summed E-state index contributed by atoms with van der Waals surface area (Å²) in [7, 11) is 0. The average Bonchev–Trinajstić information content (AvgIpc) is 2.30. The highest BCUT2D eigenvalue weighted by molar-refractivity contribution is 5.40. The average molecular weight is 205 g/mol. The van der Waals surface area contributed by atoms with Crippen LogP contribution in [0.5, 0.6) is 0 Å². The Bertz CT molecular complexity index is 324. The molecule has 3 nitrogen and oxygen atoms in total. The molecular formula is C12H19N3. The summed E-state index contributed by atoms with van der Waals surface area (Å²) in [5.41, 5.74) is 6.58. The summed E-state index contributed by atoms with van der Waals surface area (Å²) < 4.78 is 0. The summed E-state index contributed by atoms with van der Waals surface area (Å²) in [6, 6.07) is 6.73. The maximum absolute atomic E-state index is 5.60. The Kier molecular flexibility index (Phi) is 3.21. The van der Waals surface area contributed by atoms with Gasteiger partial charge in [0.25, 0.3) is 0 Å². The third-order valence-electron chi connectivity index (χ3n) is 3.10. The van der Waals surface area contributed by atoms with E-state index in [2.05, 4.69) is 22.9 Å². The Labute approximate surface area is 91.3 Å². The smallest absolute Gasteiger partial charge is 0.129 e. The van der Waals surface area contributed by atoms with Crippen LogP contribution in [0.15, 0.2) is 18.2 Å². The van der Waals surface area contributed by atoms with Crippen LogP contribution < -0.4 is 10.6 Å². The minimum absolute atomic E-state index is 0.524. The van der Waals surface area contributed by atoms with Gasteiger partial charge in [0.05, 0.1) is 5.69 Å². The predicted octanol–water partition coefficient (Wildman–Crippen LogP) is 1.92. The topological polar surface area (TPSA) is 42.1 Å². The molecule has 2 N–H and O–H groups in total. The van der Waals surface area contributed by atoms with Crippen molar-refractivity contribution >= 4 is 5.82 Å².